The lowest BCUT2D eigenvalue weighted by Crippen LogP contribution is -2.41. The van der Waals surface area contributed by atoms with Crippen LogP contribution in [0.3, 0.4) is 0 Å². The molecule has 2 unspecified atom stereocenters. The summed E-state index contributed by atoms with van der Waals surface area (Å²) in [7, 11) is -1.65. The molecule has 6 heteroatoms. The molecule has 0 amide bonds. The zero-order valence-corrected chi connectivity index (χ0v) is 12.8. The monoisotopic (exact) mass is 277 g/mol. The maximum absolute atomic E-state index is 12.0. The zero-order valence-electron chi connectivity index (χ0n) is 11.9. The molecule has 0 spiro atoms. The van der Waals surface area contributed by atoms with Gasteiger partial charge in [0.2, 0.25) is 0 Å². The molecule has 0 saturated heterocycles. The van der Waals surface area contributed by atoms with E-state index in [4.69, 9.17) is 0 Å². The van der Waals surface area contributed by atoms with E-state index in [0.29, 0.717) is 18.5 Å². The fraction of sp³-hybridized carbons (Fsp3) is 1.00. The fourth-order valence-corrected chi connectivity index (χ4v) is 3.16. The molecule has 1 rings (SSSR count). The fourth-order valence-electron chi connectivity index (χ4n) is 1.94. The van der Waals surface area contributed by atoms with Crippen LogP contribution in [0.4, 0.5) is 0 Å². The van der Waals surface area contributed by atoms with Crippen molar-refractivity contribution in [3.63, 3.8) is 0 Å². The molecule has 0 heterocycles. The first kappa shape index (κ1) is 15.9. The Morgan fingerprint density at radius 3 is 2.56 bits per heavy atom. The molecule has 108 valence electrons. The Morgan fingerprint density at radius 2 is 2.06 bits per heavy atom. The summed E-state index contributed by atoms with van der Waals surface area (Å²) in [6, 6.07) is 0.609. The SMILES string of the molecule is CCC1CC1NS(=O)(=O)N(C)CCCNC(C)C. The van der Waals surface area contributed by atoms with Gasteiger partial charge in [-0.15, -0.1) is 0 Å². The highest BCUT2D eigenvalue weighted by Gasteiger charge is 2.39. The molecule has 18 heavy (non-hydrogen) atoms. The van der Waals surface area contributed by atoms with E-state index in [1.807, 2.05) is 0 Å². The summed E-state index contributed by atoms with van der Waals surface area (Å²) >= 11 is 0. The van der Waals surface area contributed by atoms with E-state index in [1.54, 1.807) is 7.05 Å². The van der Waals surface area contributed by atoms with Crippen molar-refractivity contribution < 1.29 is 8.42 Å². The third kappa shape index (κ3) is 5.22. The van der Waals surface area contributed by atoms with Crippen LogP contribution >= 0.6 is 0 Å². The second-order valence-corrected chi connectivity index (χ2v) is 7.23. The Hall–Kier alpha value is -0.170. The summed E-state index contributed by atoms with van der Waals surface area (Å²) in [6.45, 7) is 7.66. The highest BCUT2D eigenvalue weighted by atomic mass is 32.2. The van der Waals surface area contributed by atoms with Gasteiger partial charge < -0.3 is 5.32 Å². The predicted octanol–water partition coefficient (Wildman–Crippen LogP) is 0.939. The molecular formula is C12H27N3O2S. The van der Waals surface area contributed by atoms with E-state index in [2.05, 4.69) is 30.8 Å². The van der Waals surface area contributed by atoms with Crippen LogP contribution in [-0.2, 0) is 10.2 Å². The molecule has 1 aliphatic carbocycles. The Morgan fingerprint density at radius 1 is 1.39 bits per heavy atom. The number of hydrogen-bond acceptors (Lipinski definition) is 3. The molecule has 1 saturated carbocycles. The molecule has 5 nitrogen and oxygen atoms in total. The molecule has 2 atom stereocenters. The molecular weight excluding hydrogens is 250 g/mol. The van der Waals surface area contributed by atoms with Crippen LogP contribution in [0, 0.1) is 5.92 Å². The maximum Gasteiger partial charge on any atom is 0.279 e. The number of hydrogen-bond donors (Lipinski definition) is 2. The highest BCUT2D eigenvalue weighted by Crippen LogP contribution is 2.33. The van der Waals surface area contributed by atoms with Gasteiger partial charge in [-0.1, -0.05) is 27.2 Å². The van der Waals surface area contributed by atoms with Crippen LogP contribution in [0.2, 0.25) is 0 Å². The van der Waals surface area contributed by atoms with Gasteiger partial charge in [0.25, 0.3) is 10.2 Å². The molecule has 0 aliphatic heterocycles. The van der Waals surface area contributed by atoms with Gasteiger partial charge in [-0.2, -0.15) is 17.4 Å². The van der Waals surface area contributed by atoms with E-state index >= 15 is 0 Å². The van der Waals surface area contributed by atoms with Crippen molar-refractivity contribution in [1.82, 2.24) is 14.3 Å². The smallest absolute Gasteiger partial charge is 0.279 e. The first-order chi connectivity index (χ1) is 8.36. The van der Waals surface area contributed by atoms with Crippen molar-refractivity contribution in [2.75, 3.05) is 20.1 Å². The molecule has 0 radical (unpaired) electrons. The number of rotatable bonds is 9. The maximum atomic E-state index is 12.0. The van der Waals surface area contributed by atoms with E-state index < -0.39 is 10.2 Å². The van der Waals surface area contributed by atoms with Gasteiger partial charge in [-0.3, -0.25) is 0 Å². The van der Waals surface area contributed by atoms with Crippen LogP contribution < -0.4 is 10.0 Å². The van der Waals surface area contributed by atoms with Crippen LogP contribution in [-0.4, -0.2) is 44.9 Å². The van der Waals surface area contributed by atoms with E-state index in [9.17, 15) is 8.42 Å². The lowest BCUT2D eigenvalue weighted by Gasteiger charge is -2.18. The van der Waals surface area contributed by atoms with Crippen molar-refractivity contribution in [3.8, 4) is 0 Å². The summed E-state index contributed by atoms with van der Waals surface area (Å²) in [4.78, 5) is 0. The molecule has 2 N–H and O–H groups in total. The summed E-state index contributed by atoms with van der Waals surface area (Å²) in [5.74, 6) is 0.538. The molecule has 0 bridgehead atoms. The van der Waals surface area contributed by atoms with Gasteiger partial charge in [0.15, 0.2) is 0 Å². The molecule has 1 aliphatic rings. The van der Waals surface area contributed by atoms with E-state index in [1.165, 1.54) is 4.31 Å². The minimum absolute atomic E-state index is 0.163. The third-order valence-corrected chi connectivity index (χ3v) is 4.96. The van der Waals surface area contributed by atoms with E-state index in [0.717, 1.165) is 25.8 Å². The number of nitrogens with one attached hydrogen (secondary N) is 2. The van der Waals surface area contributed by atoms with Gasteiger partial charge in [0, 0.05) is 25.7 Å². The second-order valence-electron chi connectivity index (χ2n) is 5.42. The van der Waals surface area contributed by atoms with Crippen molar-refractivity contribution in [2.24, 2.45) is 5.92 Å². The quantitative estimate of drug-likeness (QED) is 0.617. The van der Waals surface area contributed by atoms with Crippen LogP contribution in [0.15, 0.2) is 0 Å². The zero-order chi connectivity index (χ0) is 13.8. The van der Waals surface area contributed by atoms with Gasteiger partial charge in [0.1, 0.15) is 0 Å². The lowest BCUT2D eigenvalue weighted by molar-refractivity contribution is 0.437. The normalized spacial score (nSPS) is 23.9. The van der Waals surface area contributed by atoms with Crippen molar-refractivity contribution in [3.05, 3.63) is 0 Å². The second kappa shape index (κ2) is 6.84. The van der Waals surface area contributed by atoms with Crippen molar-refractivity contribution in [1.29, 1.82) is 0 Å². The highest BCUT2D eigenvalue weighted by molar-refractivity contribution is 7.87. The Kier molecular flexibility index (Phi) is 6.04. The molecule has 1 fully saturated rings. The minimum atomic E-state index is -3.29. The van der Waals surface area contributed by atoms with Crippen LogP contribution in [0.25, 0.3) is 0 Å². The average Bonchev–Trinajstić information content (AvgIpc) is 3.01. The van der Waals surface area contributed by atoms with Crippen molar-refractivity contribution in [2.45, 2.75) is 52.1 Å². The average molecular weight is 277 g/mol. The summed E-state index contributed by atoms with van der Waals surface area (Å²) < 4.78 is 28.1. The Labute approximate surface area is 112 Å². The predicted molar refractivity (Wildman–Crippen MR) is 74.6 cm³/mol. The van der Waals surface area contributed by atoms with Crippen molar-refractivity contribution >= 4 is 10.2 Å². The van der Waals surface area contributed by atoms with Crippen LogP contribution in [0.5, 0.6) is 0 Å². The molecule has 0 aromatic rings. The lowest BCUT2D eigenvalue weighted by atomic mass is 10.3. The molecule has 0 aromatic carbocycles. The standard InChI is InChI=1S/C12H27N3O2S/c1-5-11-9-12(11)14-18(16,17)15(4)8-6-7-13-10(2)3/h10-14H,5-9H2,1-4H3. The largest absolute Gasteiger partial charge is 0.314 e. The van der Waals surface area contributed by atoms with Gasteiger partial charge >= 0.3 is 0 Å². The number of nitrogens with zero attached hydrogens (tertiary/aromatic N) is 1. The topological polar surface area (TPSA) is 61.4 Å². The van der Waals surface area contributed by atoms with E-state index in [-0.39, 0.29) is 6.04 Å². The van der Waals surface area contributed by atoms with Crippen LogP contribution in [0.1, 0.15) is 40.0 Å². The van der Waals surface area contributed by atoms with Gasteiger partial charge in [-0.05, 0) is 25.3 Å². The summed E-state index contributed by atoms with van der Waals surface area (Å²) in [5.41, 5.74) is 0. The van der Waals surface area contributed by atoms with Gasteiger partial charge in [0.05, 0.1) is 0 Å². The Bertz CT molecular complexity index is 343. The summed E-state index contributed by atoms with van der Waals surface area (Å²) in [5, 5.41) is 3.28. The summed E-state index contributed by atoms with van der Waals surface area (Å²) in [6.07, 6.45) is 2.87. The first-order valence-corrected chi connectivity index (χ1v) is 8.27. The third-order valence-electron chi connectivity index (χ3n) is 3.36. The Balaban J connectivity index is 2.25. The molecule has 0 aromatic heterocycles. The first-order valence-electron chi connectivity index (χ1n) is 6.83. The van der Waals surface area contributed by atoms with Gasteiger partial charge in [-0.25, -0.2) is 0 Å². The minimum Gasteiger partial charge on any atom is -0.314 e.